The lowest BCUT2D eigenvalue weighted by atomic mass is 9.99. The predicted molar refractivity (Wildman–Crippen MR) is 94.0 cm³/mol. The van der Waals surface area contributed by atoms with Crippen LogP contribution in [-0.4, -0.2) is 31.7 Å². The first-order valence-corrected chi connectivity index (χ1v) is 10.3. The molecule has 0 saturated carbocycles. The van der Waals surface area contributed by atoms with Crippen molar-refractivity contribution in [2.24, 2.45) is 5.92 Å². The number of carbonyl (C=O) groups excluding carboxylic acids is 1. The molecule has 1 amide bonds. The Morgan fingerprint density at radius 3 is 2.72 bits per heavy atom. The molecule has 1 unspecified atom stereocenters. The number of sulfonamides is 1. The Kier molecular flexibility index (Phi) is 5.51. The van der Waals surface area contributed by atoms with Crippen LogP contribution in [0, 0.1) is 11.7 Å². The Morgan fingerprint density at radius 2 is 2.04 bits per heavy atom. The van der Waals surface area contributed by atoms with E-state index in [1.165, 1.54) is 16.4 Å². The summed E-state index contributed by atoms with van der Waals surface area (Å²) in [6, 6.07) is 8.63. The third-order valence-electron chi connectivity index (χ3n) is 4.22. The van der Waals surface area contributed by atoms with E-state index in [0.29, 0.717) is 25.9 Å². The Hall–Kier alpha value is -1.77. The molecule has 5 nitrogen and oxygen atoms in total. The van der Waals surface area contributed by atoms with Gasteiger partial charge in [0.2, 0.25) is 15.9 Å². The summed E-state index contributed by atoms with van der Waals surface area (Å²) in [5, 5.41) is 4.82. The van der Waals surface area contributed by atoms with E-state index in [2.05, 4.69) is 5.32 Å². The first-order chi connectivity index (χ1) is 12.0. The molecule has 1 N–H and O–H groups in total. The average molecular weight is 382 g/mol. The van der Waals surface area contributed by atoms with Gasteiger partial charge < -0.3 is 5.32 Å². The van der Waals surface area contributed by atoms with Gasteiger partial charge in [0.25, 0.3) is 0 Å². The van der Waals surface area contributed by atoms with E-state index in [-0.39, 0.29) is 23.3 Å². The zero-order valence-corrected chi connectivity index (χ0v) is 15.2. The molecule has 2 heterocycles. The van der Waals surface area contributed by atoms with E-state index in [4.69, 9.17) is 0 Å². The largest absolute Gasteiger partial charge is 0.351 e. The number of piperidine rings is 1. The second-order valence-electron chi connectivity index (χ2n) is 5.95. The SMILES string of the molecule is O=C(NCc1cccs1)C1CCCN(S(=O)(=O)c2ccc(F)cc2)C1. The minimum absolute atomic E-state index is 0.0496. The number of hydrogen-bond acceptors (Lipinski definition) is 4. The third kappa shape index (κ3) is 4.26. The van der Waals surface area contributed by atoms with Crippen molar-refractivity contribution in [2.45, 2.75) is 24.3 Å². The number of nitrogens with zero attached hydrogens (tertiary/aromatic N) is 1. The maximum Gasteiger partial charge on any atom is 0.243 e. The first kappa shape index (κ1) is 18.0. The number of thiophene rings is 1. The van der Waals surface area contributed by atoms with Crippen molar-refractivity contribution >= 4 is 27.3 Å². The van der Waals surface area contributed by atoms with Gasteiger partial charge in [-0.2, -0.15) is 4.31 Å². The molecule has 25 heavy (non-hydrogen) atoms. The zero-order chi connectivity index (χ0) is 17.9. The summed E-state index contributed by atoms with van der Waals surface area (Å²) in [6.45, 7) is 0.974. The number of hydrogen-bond donors (Lipinski definition) is 1. The van der Waals surface area contributed by atoms with Crippen molar-refractivity contribution in [1.82, 2.24) is 9.62 Å². The van der Waals surface area contributed by atoms with Crippen LogP contribution in [0.25, 0.3) is 0 Å². The normalized spacial score (nSPS) is 18.8. The summed E-state index contributed by atoms with van der Waals surface area (Å²) in [7, 11) is -3.71. The number of amides is 1. The van der Waals surface area contributed by atoms with Gasteiger partial charge in [-0.3, -0.25) is 4.79 Å². The summed E-state index contributed by atoms with van der Waals surface area (Å²) in [6.07, 6.45) is 1.28. The number of nitrogens with one attached hydrogen (secondary N) is 1. The molecule has 1 fully saturated rings. The lowest BCUT2D eigenvalue weighted by molar-refractivity contribution is -0.126. The molecule has 8 heteroatoms. The predicted octanol–water partition coefficient (Wildman–Crippen LogP) is 2.60. The van der Waals surface area contributed by atoms with E-state index in [9.17, 15) is 17.6 Å². The van der Waals surface area contributed by atoms with Crippen molar-refractivity contribution in [1.29, 1.82) is 0 Å². The highest BCUT2D eigenvalue weighted by Crippen LogP contribution is 2.24. The minimum Gasteiger partial charge on any atom is -0.351 e. The van der Waals surface area contributed by atoms with E-state index < -0.39 is 15.8 Å². The van der Waals surface area contributed by atoms with Gasteiger partial charge in [0, 0.05) is 18.0 Å². The molecule has 0 spiro atoms. The van der Waals surface area contributed by atoms with Gasteiger partial charge in [-0.25, -0.2) is 12.8 Å². The van der Waals surface area contributed by atoms with Crippen molar-refractivity contribution < 1.29 is 17.6 Å². The van der Waals surface area contributed by atoms with Crippen molar-refractivity contribution in [2.75, 3.05) is 13.1 Å². The smallest absolute Gasteiger partial charge is 0.243 e. The molecule has 134 valence electrons. The summed E-state index contributed by atoms with van der Waals surface area (Å²) in [4.78, 5) is 13.5. The van der Waals surface area contributed by atoms with Crippen LogP contribution in [-0.2, 0) is 21.4 Å². The Bertz CT molecular complexity index is 820. The highest BCUT2D eigenvalue weighted by Gasteiger charge is 2.33. The molecular weight excluding hydrogens is 363 g/mol. The molecule has 0 aliphatic carbocycles. The summed E-state index contributed by atoms with van der Waals surface area (Å²) in [5.74, 6) is -0.986. The zero-order valence-electron chi connectivity index (χ0n) is 13.5. The van der Waals surface area contributed by atoms with Gasteiger partial charge in [-0.1, -0.05) is 6.07 Å². The van der Waals surface area contributed by atoms with Crippen LogP contribution in [0.2, 0.25) is 0 Å². The van der Waals surface area contributed by atoms with Crippen LogP contribution in [0.5, 0.6) is 0 Å². The third-order valence-corrected chi connectivity index (χ3v) is 6.98. The van der Waals surface area contributed by atoms with E-state index in [0.717, 1.165) is 17.0 Å². The molecular formula is C17H19FN2O3S2. The van der Waals surface area contributed by atoms with Crippen LogP contribution < -0.4 is 5.32 Å². The van der Waals surface area contributed by atoms with E-state index in [1.54, 1.807) is 11.3 Å². The van der Waals surface area contributed by atoms with Gasteiger partial charge >= 0.3 is 0 Å². The lowest BCUT2D eigenvalue weighted by Crippen LogP contribution is -2.45. The van der Waals surface area contributed by atoms with Gasteiger partial charge in [-0.15, -0.1) is 11.3 Å². The standard InChI is InChI=1S/C17H19FN2O3S2/c18-14-5-7-16(8-6-14)25(22,23)20-9-1-3-13(12-20)17(21)19-11-15-4-2-10-24-15/h2,4-8,10,13H,1,3,9,11-12H2,(H,19,21). The van der Waals surface area contributed by atoms with Crippen LogP contribution in [0.4, 0.5) is 4.39 Å². The van der Waals surface area contributed by atoms with Gasteiger partial charge in [-0.05, 0) is 48.6 Å². The summed E-state index contributed by atoms with van der Waals surface area (Å²) < 4.78 is 39.7. The number of halogens is 1. The number of carbonyl (C=O) groups is 1. The average Bonchev–Trinajstić information content (AvgIpc) is 3.14. The second-order valence-corrected chi connectivity index (χ2v) is 8.92. The van der Waals surface area contributed by atoms with Crippen LogP contribution in [0.1, 0.15) is 17.7 Å². The van der Waals surface area contributed by atoms with Crippen LogP contribution in [0.15, 0.2) is 46.7 Å². The highest BCUT2D eigenvalue weighted by molar-refractivity contribution is 7.89. The molecule has 1 aliphatic heterocycles. The topological polar surface area (TPSA) is 66.5 Å². The molecule has 1 saturated heterocycles. The molecule has 1 aromatic carbocycles. The Morgan fingerprint density at radius 1 is 1.28 bits per heavy atom. The van der Waals surface area contributed by atoms with Crippen molar-refractivity contribution in [3.05, 3.63) is 52.5 Å². The Labute approximate surface area is 150 Å². The van der Waals surface area contributed by atoms with Crippen molar-refractivity contribution in [3.8, 4) is 0 Å². The molecule has 2 aromatic rings. The van der Waals surface area contributed by atoms with Crippen molar-refractivity contribution in [3.63, 3.8) is 0 Å². The van der Waals surface area contributed by atoms with Crippen LogP contribution >= 0.6 is 11.3 Å². The van der Waals surface area contributed by atoms with Gasteiger partial charge in [0.05, 0.1) is 17.4 Å². The molecule has 1 aromatic heterocycles. The maximum atomic E-state index is 13.0. The van der Waals surface area contributed by atoms with E-state index in [1.807, 2.05) is 17.5 Å². The molecule has 3 rings (SSSR count). The highest BCUT2D eigenvalue weighted by atomic mass is 32.2. The van der Waals surface area contributed by atoms with Gasteiger partial charge in [0.15, 0.2) is 0 Å². The quantitative estimate of drug-likeness (QED) is 0.864. The number of benzene rings is 1. The molecule has 1 aliphatic rings. The van der Waals surface area contributed by atoms with Crippen LogP contribution in [0.3, 0.4) is 0 Å². The Balaban J connectivity index is 1.65. The molecule has 1 atom stereocenters. The fourth-order valence-electron chi connectivity index (χ4n) is 2.86. The van der Waals surface area contributed by atoms with E-state index >= 15 is 0 Å². The summed E-state index contributed by atoms with van der Waals surface area (Å²) in [5.41, 5.74) is 0. The second kappa shape index (κ2) is 7.63. The fraction of sp³-hybridized carbons (Fsp3) is 0.353. The fourth-order valence-corrected chi connectivity index (χ4v) is 5.03. The minimum atomic E-state index is -3.71. The van der Waals surface area contributed by atoms with Gasteiger partial charge in [0.1, 0.15) is 5.82 Å². The maximum absolute atomic E-state index is 13.0. The monoisotopic (exact) mass is 382 g/mol. The number of rotatable bonds is 5. The first-order valence-electron chi connectivity index (χ1n) is 8.02. The molecule has 0 bridgehead atoms. The lowest BCUT2D eigenvalue weighted by Gasteiger charge is -2.31. The summed E-state index contributed by atoms with van der Waals surface area (Å²) >= 11 is 1.56. The molecule has 0 radical (unpaired) electrons.